The summed E-state index contributed by atoms with van der Waals surface area (Å²) in [5, 5.41) is 25.7. The van der Waals surface area contributed by atoms with Gasteiger partial charge in [0, 0.05) is 25.5 Å². The van der Waals surface area contributed by atoms with Gasteiger partial charge in [-0.05, 0) is 17.7 Å². The van der Waals surface area contributed by atoms with Crippen LogP contribution in [0.5, 0.6) is 0 Å². The van der Waals surface area contributed by atoms with Crippen molar-refractivity contribution in [1.82, 2.24) is 15.2 Å². The van der Waals surface area contributed by atoms with E-state index in [1.807, 2.05) is 17.0 Å². The molecule has 6 heteroatoms. The smallest absolute Gasteiger partial charge is 0.169 e. The standard InChI is InChI=1S/C14H12N6/c15-5-2-8-20(11-12-3-1-6-17-10-12)14-13(9-16)4-7-18-19-14/h1,3-4,6-7,10H,2,8,11H2. The third kappa shape index (κ3) is 3.27. The molecule has 0 amide bonds. The molecule has 0 aliphatic heterocycles. The first-order chi connectivity index (χ1) is 9.85. The first-order valence-electron chi connectivity index (χ1n) is 6.07. The summed E-state index contributed by atoms with van der Waals surface area (Å²) in [6.07, 6.45) is 5.28. The summed E-state index contributed by atoms with van der Waals surface area (Å²) in [4.78, 5) is 5.93. The molecule has 0 bridgehead atoms. The quantitative estimate of drug-likeness (QED) is 0.815. The van der Waals surface area contributed by atoms with Crippen molar-refractivity contribution in [1.29, 1.82) is 10.5 Å². The number of hydrogen-bond acceptors (Lipinski definition) is 6. The van der Waals surface area contributed by atoms with Crippen LogP contribution >= 0.6 is 0 Å². The minimum Gasteiger partial charge on any atom is -0.349 e. The molecule has 0 N–H and O–H groups in total. The lowest BCUT2D eigenvalue weighted by Gasteiger charge is -2.22. The van der Waals surface area contributed by atoms with E-state index in [0.717, 1.165) is 5.56 Å². The highest BCUT2D eigenvalue weighted by molar-refractivity contribution is 5.52. The van der Waals surface area contributed by atoms with Gasteiger partial charge in [0.2, 0.25) is 0 Å². The summed E-state index contributed by atoms with van der Waals surface area (Å²) in [5.74, 6) is 0.495. The molecule has 0 aromatic carbocycles. The molecule has 0 fully saturated rings. The molecule has 2 rings (SSSR count). The Hall–Kier alpha value is -2.99. The largest absolute Gasteiger partial charge is 0.349 e. The Bertz CT molecular complexity index is 641. The van der Waals surface area contributed by atoms with Crippen molar-refractivity contribution in [2.45, 2.75) is 13.0 Å². The highest BCUT2D eigenvalue weighted by atomic mass is 15.3. The fourth-order valence-electron chi connectivity index (χ4n) is 1.80. The Morgan fingerprint density at radius 3 is 2.80 bits per heavy atom. The van der Waals surface area contributed by atoms with Crippen LogP contribution < -0.4 is 4.90 Å². The van der Waals surface area contributed by atoms with E-state index in [2.05, 4.69) is 27.3 Å². The van der Waals surface area contributed by atoms with E-state index in [0.29, 0.717) is 30.9 Å². The van der Waals surface area contributed by atoms with Crippen LogP contribution in [0, 0.1) is 22.7 Å². The van der Waals surface area contributed by atoms with Gasteiger partial charge in [-0.2, -0.15) is 15.6 Å². The highest BCUT2D eigenvalue weighted by Gasteiger charge is 2.13. The Kier molecular flexibility index (Phi) is 4.58. The normalized spacial score (nSPS) is 9.50. The molecule has 0 spiro atoms. The van der Waals surface area contributed by atoms with Crippen LogP contribution in [0.1, 0.15) is 17.5 Å². The molecule has 6 nitrogen and oxygen atoms in total. The van der Waals surface area contributed by atoms with Crippen molar-refractivity contribution in [3.8, 4) is 12.1 Å². The monoisotopic (exact) mass is 264 g/mol. The third-order valence-corrected chi connectivity index (χ3v) is 2.71. The second-order valence-electron chi connectivity index (χ2n) is 4.07. The van der Waals surface area contributed by atoms with Crippen LogP contribution in [0.3, 0.4) is 0 Å². The van der Waals surface area contributed by atoms with E-state index in [1.54, 1.807) is 18.5 Å². The second-order valence-corrected chi connectivity index (χ2v) is 4.07. The van der Waals surface area contributed by atoms with Gasteiger partial charge in [-0.25, -0.2) is 0 Å². The average Bonchev–Trinajstić information content (AvgIpc) is 2.52. The summed E-state index contributed by atoms with van der Waals surface area (Å²) in [6.45, 7) is 1.02. The maximum Gasteiger partial charge on any atom is 0.169 e. The minimum atomic E-state index is 0.349. The molecule has 2 aromatic rings. The molecule has 0 saturated heterocycles. The predicted molar refractivity (Wildman–Crippen MR) is 72.3 cm³/mol. The molecule has 2 heterocycles. The Balaban J connectivity index is 2.28. The second kappa shape index (κ2) is 6.81. The van der Waals surface area contributed by atoms with Crippen molar-refractivity contribution >= 4 is 5.82 Å². The molecule has 0 aliphatic carbocycles. The van der Waals surface area contributed by atoms with E-state index < -0.39 is 0 Å². The van der Waals surface area contributed by atoms with Crippen LogP contribution in [0.25, 0.3) is 0 Å². The van der Waals surface area contributed by atoms with E-state index >= 15 is 0 Å². The number of pyridine rings is 1. The summed E-state index contributed by atoms with van der Waals surface area (Å²) in [5.41, 5.74) is 1.43. The number of hydrogen-bond donors (Lipinski definition) is 0. The maximum absolute atomic E-state index is 9.14. The van der Waals surface area contributed by atoms with E-state index in [1.165, 1.54) is 6.20 Å². The molecule has 0 radical (unpaired) electrons. The highest BCUT2D eigenvalue weighted by Crippen LogP contribution is 2.18. The molecule has 0 unspecified atom stereocenters. The van der Waals surface area contributed by atoms with Crippen LogP contribution in [-0.2, 0) is 6.54 Å². The molecule has 0 aliphatic rings. The van der Waals surface area contributed by atoms with Crippen molar-refractivity contribution < 1.29 is 0 Å². The van der Waals surface area contributed by atoms with Gasteiger partial charge in [-0.15, -0.1) is 5.10 Å². The Labute approximate surface area is 116 Å². The number of rotatable bonds is 5. The van der Waals surface area contributed by atoms with Gasteiger partial charge in [-0.3, -0.25) is 4.98 Å². The zero-order valence-corrected chi connectivity index (χ0v) is 10.8. The zero-order chi connectivity index (χ0) is 14.2. The molecule has 98 valence electrons. The van der Waals surface area contributed by atoms with E-state index in [-0.39, 0.29) is 0 Å². The van der Waals surface area contributed by atoms with Gasteiger partial charge in [0.15, 0.2) is 5.82 Å². The van der Waals surface area contributed by atoms with E-state index in [4.69, 9.17) is 10.5 Å². The summed E-state index contributed by atoms with van der Waals surface area (Å²) < 4.78 is 0. The summed E-state index contributed by atoms with van der Waals surface area (Å²) in [6, 6.07) is 9.60. The predicted octanol–water partition coefficient (Wildman–Crippen LogP) is 1.66. The molecule has 0 saturated carbocycles. The minimum absolute atomic E-state index is 0.349. The lowest BCUT2D eigenvalue weighted by atomic mass is 10.2. The van der Waals surface area contributed by atoms with Crippen molar-refractivity contribution in [2.75, 3.05) is 11.4 Å². The number of anilines is 1. The van der Waals surface area contributed by atoms with Crippen molar-refractivity contribution in [3.63, 3.8) is 0 Å². The van der Waals surface area contributed by atoms with Crippen LogP contribution in [-0.4, -0.2) is 21.7 Å². The van der Waals surface area contributed by atoms with Crippen LogP contribution in [0.2, 0.25) is 0 Å². The third-order valence-electron chi connectivity index (χ3n) is 2.71. The summed E-state index contributed by atoms with van der Waals surface area (Å²) in [7, 11) is 0. The van der Waals surface area contributed by atoms with Gasteiger partial charge >= 0.3 is 0 Å². The zero-order valence-electron chi connectivity index (χ0n) is 10.8. The first kappa shape index (κ1) is 13.4. The number of aromatic nitrogens is 3. The lowest BCUT2D eigenvalue weighted by Crippen LogP contribution is -2.26. The van der Waals surface area contributed by atoms with Gasteiger partial charge in [0.25, 0.3) is 0 Å². The van der Waals surface area contributed by atoms with Crippen molar-refractivity contribution in [2.24, 2.45) is 0 Å². The topological polar surface area (TPSA) is 89.5 Å². The van der Waals surface area contributed by atoms with Crippen LogP contribution in [0.15, 0.2) is 36.8 Å². The lowest BCUT2D eigenvalue weighted by molar-refractivity contribution is 0.765. The van der Waals surface area contributed by atoms with Gasteiger partial charge in [0.1, 0.15) is 6.07 Å². The molecule has 0 atom stereocenters. The maximum atomic E-state index is 9.14. The Morgan fingerprint density at radius 2 is 2.10 bits per heavy atom. The number of nitriles is 2. The number of nitrogens with zero attached hydrogens (tertiary/aromatic N) is 6. The van der Waals surface area contributed by atoms with Crippen LogP contribution in [0.4, 0.5) is 5.82 Å². The molecule has 20 heavy (non-hydrogen) atoms. The van der Waals surface area contributed by atoms with Crippen molar-refractivity contribution in [3.05, 3.63) is 47.9 Å². The van der Waals surface area contributed by atoms with Gasteiger partial charge in [0.05, 0.1) is 24.3 Å². The fraction of sp³-hybridized carbons (Fsp3) is 0.214. The fourth-order valence-corrected chi connectivity index (χ4v) is 1.80. The van der Waals surface area contributed by atoms with Gasteiger partial charge in [-0.1, -0.05) is 6.07 Å². The molecular weight excluding hydrogens is 252 g/mol. The average molecular weight is 264 g/mol. The molecule has 2 aromatic heterocycles. The first-order valence-corrected chi connectivity index (χ1v) is 6.07. The Morgan fingerprint density at radius 1 is 1.20 bits per heavy atom. The summed E-state index contributed by atoms with van der Waals surface area (Å²) >= 11 is 0. The SMILES string of the molecule is N#CCCN(Cc1cccnc1)c1nnccc1C#N. The van der Waals surface area contributed by atoms with Gasteiger partial charge < -0.3 is 4.90 Å². The molecular formula is C14H12N6. The van der Waals surface area contributed by atoms with E-state index in [9.17, 15) is 0 Å².